The van der Waals surface area contributed by atoms with Crippen LogP contribution >= 0.6 is 0 Å². The van der Waals surface area contributed by atoms with Gasteiger partial charge < -0.3 is 10.1 Å². The van der Waals surface area contributed by atoms with E-state index < -0.39 is 0 Å². The fourth-order valence-electron chi connectivity index (χ4n) is 2.92. The van der Waals surface area contributed by atoms with Gasteiger partial charge >= 0.3 is 5.97 Å². The van der Waals surface area contributed by atoms with Crippen molar-refractivity contribution in [3.8, 4) is 0 Å². The summed E-state index contributed by atoms with van der Waals surface area (Å²) in [6.45, 7) is 4.71. The van der Waals surface area contributed by atoms with Crippen LogP contribution in [0.2, 0.25) is 0 Å². The molecule has 1 aliphatic rings. The number of benzene rings is 1. The van der Waals surface area contributed by atoms with E-state index in [4.69, 9.17) is 4.74 Å². The SMILES string of the molecule is COC(=O)C1CCN([C@H](C)C(=O)Nc2cccc(C(C)=O)c2)CC1. The van der Waals surface area contributed by atoms with E-state index in [9.17, 15) is 14.4 Å². The lowest BCUT2D eigenvalue weighted by molar-refractivity contribution is -0.147. The number of ketones is 1. The Balaban J connectivity index is 1.92. The quantitative estimate of drug-likeness (QED) is 0.660. The Labute approximate surface area is 142 Å². The minimum absolute atomic E-state index is 0.0379. The van der Waals surface area contributed by atoms with Crippen LogP contribution < -0.4 is 5.32 Å². The van der Waals surface area contributed by atoms with Crippen molar-refractivity contribution in [2.75, 3.05) is 25.5 Å². The molecule has 0 aromatic heterocycles. The highest BCUT2D eigenvalue weighted by molar-refractivity contribution is 5.98. The van der Waals surface area contributed by atoms with Crippen molar-refractivity contribution in [3.63, 3.8) is 0 Å². The Morgan fingerprint density at radius 3 is 2.50 bits per heavy atom. The summed E-state index contributed by atoms with van der Waals surface area (Å²) < 4.78 is 4.78. The van der Waals surface area contributed by atoms with E-state index in [1.54, 1.807) is 24.3 Å². The van der Waals surface area contributed by atoms with E-state index in [0.29, 0.717) is 37.2 Å². The van der Waals surface area contributed by atoms with Crippen molar-refractivity contribution in [1.29, 1.82) is 0 Å². The number of Topliss-reactive ketones (excluding diaryl/α,β-unsaturated/α-hetero) is 1. The molecule has 130 valence electrons. The molecule has 6 heteroatoms. The molecule has 1 saturated heterocycles. The van der Waals surface area contributed by atoms with Crippen LogP contribution in [0.3, 0.4) is 0 Å². The van der Waals surface area contributed by atoms with E-state index in [2.05, 4.69) is 10.2 Å². The van der Waals surface area contributed by atoms with Crippen LogP contribution in [0, 0.1) is 5.92 Å². The van der Waals surface area contributed by atoms with Crippen molar-refractivity contribution in [2.24, 2.45) is 5.92 Å². The zero-order valence-electron chi connectivity index (χ0n) is 14.4. The molecule has 1 aromatic carbocycles. The lowest BCUT2D eigenvalue weighted by Crippen LogP contribution is -2.47. The Morgan fingerprint density at radius 2 is 1.92 bits per heavy atom. The molecule has 1 atom stereocenters. The number of amides is 1. The van der Waals surface area contributed by atoms with Crippen LogP contribution in [0.5, 0.6) is 0 Å². The number of nitrogens with one attached hydrogen (secondary N) is 1. The van der Waals surface area contributed by atoms with Crippen molar-refractivity contribution in [3.05, 3.63) is 29.8 Å². The predicted molar refractivity (Wildman–Crippen MR) is 90.9 cm³/mol. The molecule has 1 amide bonds. The average molecular weight is 332 g/mol. The number of methoxy groups -OCH3 is 1. The second kappa shape index (κ2) is 8.06. The van der Waals surface area contributed by atoms with Gasteiger partial charge in [0.1, 0.15) is 0 Å². The number of rotatable bonds is 5. The van der Waals surface area contributed by atoms with Crippen LogP contribution in [-0.2, 0) is 14.3 Å². The summed E-state index contributed by atoms with van der Waals surface area (Å²) >= 11 is 0. The van der Waals surface area contributed by atoms with Gasteiger partial charge in [0.2, 0.25) is 5.91 Å². The number of anilines is 1. The molecule has 1 fully saturated rings. The number of hydrogen-bond donors (Lipinski definition) is 1. The average Bonchev–Trinajstić information content (AvgIpc) is 2.60. The first-order valence-electron chi connectivity index (χ1n) is 8.16. The monoisotopic (exact) mass is 332 g/mol. The molecule has 2 rings (SSSR count). The number of nitrogens with zero attached hydrogens (tertiary/aromatic N) is 1. The first-order valence-corrected chi connectivity index (χ1v) is 8.16. The molecule has 1 heterocycles. The topological polar surface area (TPSA) is 75.7 Å². The Kier molecular flexibility index (Phi) is 6.09. The second-order valence-electron chi connectivity index (χ2n) is 6.14. The minimum Gasteiger partial charge on any atom is -0.469 e. The van der Waals surface area contributed by atoms with Gasteiger partial charge in [0.05, 0.1) is 19.1 Å². The number of carbonyl (C=O) groups excluding carboxylic acids is 3. The normalized spacial score (nSPS) is 17.1. The van der Waals surface area contributed by atoms with Crippen LogP contribution in [0.4, 0.5) is 5.69 Å². The third kappa shape index (κ3) is 4.41. The van der Waals surface area contributed by atoms with E-state index in [0.717, 1.165) is 0 Å². The lowest BCUT2D eigenvalue weighted by Gasteiger charge is -2.34. The molecule has 0 spiro atoms. The third-order valence-corrected chi connectivity index (χ3v) is 4.53. The second-order valence-corrected chi connectivity index (χ2v) is 6.14. The van der Waals surface area contributed by atoms with Gasteiger partial charge in [-0.2, -0.15) is 0 Å². The Bertz CT molecular complexity index is 621. The van der Waals surface area contributed by atoms with Crippen LogP contribution in [0.1, 0.15) is 37.0 Å². The summed E-state index contributed by atoms with van der Waals surface area (Å²) in [7, 11) is 1.40. The van der Waals surface area contributed by atoms with Gasteiger partial charge in [-0.05, 0) is 51.9 Å². The fraction of sp³-hybridized carbons (Fsp3) is 0.500. The van der Waals surface area contributed by atoms with E-state index in [1.165, 1.54) is 14.0 Å². The molecule has 0 aliphatic carbocycles. The summed E-state index contributed by atoms with van der Waals surface area (Å²) in [6, 6.07) is 6.61. The first kappa shape index (κ1) is 18.1. The first-order chi connectivity index (χ1) is 11.4. The zero-order valence-corrected chi connectivity index (χ0v) is 14.4. The van der Waals surface area contributed by atoms with Crippen molar-refractivity contribution >= 4 is 23.3 Å². The maximum atomic E-state index is 12.4. The maximum Gasteiger partial charge on any atom is 0.308 e. The highest BCUT2D eigenvalue weighted by Gasteiger charge is 2.30. The molecule has 1 aliphatic heterocycles. The molecule has 6 nitrogen and oxygen atoms in total. The molecule has 1 aromatic rings. The smallest absolute Gasteiger partial charge is 0.308 e. The molecular formula is C18H24N2O4. The number of ether oxygens (including phenoxy) is 1. The zero-order chi connectivity index (χ0) is 17.7. The van der Waals surface area contributed by atoms with E-state index in [1.807, 2.05) is 6.92 Å². The summed E-state index contributed by atoms with van der Waals surface area (Å²) in [4.78, 5) is 37.5. The van der Waals surface area contributed by atoms with Gasteiger partial charge in [-0.15, -0.1) is 0 Å². The van der Waals surface area contributed by atoms with E-state index in [-0.39, 0.29) is 29.6 Å². The van der Waals surface area contributed by atoms with Gasteiger partial charge in [-0.3, -0.25) is 19.3 Å². The highest BCUT2D eigenvalue weighted by atomic mass is 16.5. The largest absolute Gasteiger partial charge is 0.469 e. The van der Waals surface area contributed by atoms with Crippen molar-refractivity contribution < 1.29 is 19.1 Å². The van der Waals surface area contributed by atoms with Crippen LogP contribution in [-0.4, -0.2) is 48.8 Å². The maximum absolute atomic E-state index is 12.4. The molecule has 0 radical (unpaired) electrons. The molecular weight excluding hydrogens is 308 g/mol. The summed E-state index contributed by atoms with van der Waals surface area (Å²) in [5, 5.41) is 2.85. The minimum atomic E-state index is -0.301. The van der Waals surface area contributed by atoms with Gasteiger partial charge in [0, 0.05) is 11.3 Å². The molecule has 24 heavy (non-hydrogen) atoms. The highest BCUT2D eigenvalue weighted by Crippen LogP contribution is 2.21. The number of likely N-dealkylation sites (tertiary alicyclic amines) is 1. The molecule has 1 N–H and O–H groups in total. The number of esters is 1. The fourth-order valence-corrected chi connectivity index (χ4v) is 2.92. The van der Waals surface area contributed by atoms with Crippen molar-refractivity contribution in [2.45, 2.75) is 32.7 Å². The lowest BCUT2D eigenvalue weighted by atomic mass is 9.96. The number of carbonyl (C=O) groups is 3. The number of hydrogen-bond acceptors (Lipinski definition) is 5. The van der Waals surface area contributed by atoms with Crippen LogP contribution in [0.15, 0.2) is 24.3 Å². The predicted octanol–water partition coefficient (Wildman–Crippen LogP) is 2.10. The van der Waals surface area contributed by atoms with Crippen molar-refractivity contribution in [1.82, 2.24) is 4.90 Å². The van der Waals surface area contributed by atoms with Gasteiger partial charge in [-0.25, -0.2) is 0 Å². The Hall–Kier alpha value is -2.21. The molecule has 0 saturated carbocycles. The summed E-state index contributed by atoms with van der Waals surface area (Å²) in [5.41, 5.74) is 1.18. The summed E-state index contributed by atoms with van der Waals surface area (Å²) in [5.74, 6) is -0.405. The van der Waals surface area contributed by atoms with Gasteiger partial charge in [-0.1, -0.05) is 12.1 Å². The third-order valence-electron chi connectivity index (χ3n) is 4.53. The van der Waals surface area contributed by atoms with Gasteiger partial charge in [0.25, 0.3) is 0 Å². The van der Waals surface area contributed by atoms with Gasteiger partial charge in [0.15, 0.2) is 5.78 Å². The molecule has 0 unspecified atom stereocenters. The molecule has 0 bridgehead atoms. The standard InChI is InChI=1S/C18H24N2O4/c1-12(20-9-7-14(8-10-20)18(23)24-3)17(22)19-16-6-4-5-15(11-16)13(2)21/h4-6,11-12,14H,7-10H2,1-3H3,(H,19,22)/t12-/m1/s1. The van der Waals surface area contributed by atoms with E-state index >= 15 is 0 Å². The summed E-state index contributed by atoms with van der Waals surface area (Å²) in [6.07, 6.45) is 1.40. The number of piperidine rings is 1. The Morgan fingerprint density at radius 1 is 1.25 bits per heavy atom. The van der Waals surface area contributed by atoms with Crippen LogP contribution in [0.25, 0.3) is 0 Å².